The fourth-order valence-electron chi connectivity index (χ4n) is 5.93. The van der Waals surface area contributed by atoms with Crippen LogP contribution in [0.25, 0.3) is 0 Å². The Balaban J connectivity index is 1.36. The summed E-state index contributed by atoms with van der Waals surface area (Å²) >= 11 is 0. The van der Waals surface area contributed by atoms with E-state index in [0.29, 0.717) is 13.0 Å². The molecular formula is C29H36N4O2. The third kappa shape index (κ3) is 4.98. The van der Waals surface area contributed by atoms with Gasteiger partial charge in [0.2, 0.25) is 0 Å². The van der Waals surface area contributed by atoms with Gasteiger partial charge in [-0.3, -0.25) is 14.5 Å². The SMILES string of the molecule is C[C@H]1CC[C@](c2cccc(NC(=O)C3=CCCNC3=O)c2)(N2CCN(c3ccccc3)CC2)CC1. The highest BCUT2D eigenvalue weighted by Gasteiger charge is 2.42. The maximum atomic E-state index is 12.8. The monoisotopic (exact) mass is 472 g/mol. The van der Waals surface area contributed by atoms with E-state index in [-0.39, 0.29) is 22.9 Å². The number of nitrogens with one attached hydrogen (secondary N) is 2. The van der Waals surface area contributed by atoms with Crippen molar-refractivity contribution in [2.24, 2.45) is 5.92 Å². The van der Waals surface area contributed by atoms with Gasteiger partial charge >= 0.3 is 0 Å². The maximum absolute atomic E-state index is 12.8. The molecule has 0 unspecified atom stereocenters. The first-order chi connectivity index (χ1) is 17.0. The van der Waals surface area contributed by atoms with Crippen molar-refractivity contribution >= 4 is 23.2 Å². The molecule has 6 heteroatoms. The first kappa shape index (κ1) is 23.6. The van der Waals surface area contributed by atoms with Crippen LogP contribution in [-0.4, -0.2) is 49.4 Å². The van der Waals surface area contributed by atoms with Crippen LogP contribution in [0.5, 0.6) is 0 Å². The summed E-state index contributed by atoms with van der Waals surface area (Å²) in [6, 6.07) is 19.0. The number of piperazine rings is 1. The summed E-state index contributed by atoms with van der Waals surface area (Å²) in [6.07, 6.45) is 7.10. The van der Waals surface area contributed by atoms with Gasteiger partial charge in [0.05, 0.1) is 0 Å². The van der Waals surface area contributed by atoms with Crippen molar-refractivity contribution in [2.75, 3.05) is 42.9 Å². The number of nitrogens with zero attached hydrogens (tertiary/aromatic N) is 2. The van der Waals surface area contributed by atoms with Crippen LogP contribution < -0.4 is 15.5 Å². The summed E-state index contributed by atoms with van der Waals surface area (Å²) in [6.45, 7) is 7.02. The zero-order valence-electron chi connectivity index (χ0n) is 20.6. The topological polar surface area (TPSA) is 64.7 Å². The molecule has 2 heterocycles. The Bertz CT molecular complexity index is 1080. The molecule has 1 saturated carbocycles. The van der Waals surface area contributed by atoms with Gasteiger partial charge in [-0.25, -0.2) is 0 Å². The second kappa shape index (κ2) is 10.2. The number of carbonyl (C=O) groups excluding carboxylic acids is 2. The molecule has 0 spiro atoms. The van der Waals surface area contributed by atoms with Crippen LogP contribution in [-0.2, 0) is 15.1 Å². The van der Waals surface area contributed by atoms with E-state index in [4.69, 9.17) is 0 Å². The highest BCUT2D eigenvalue weighted by Crippen LogP contribution is 2.45. The molecule has 0 aromatic heterocycles. The van der Waals surface area contributed by atoms with Gasteiger partial charge < -0.3 is 15.5 Å². The number of hydrogen-bond acceptors (Lipinski definition) is 4. The second-order valence-corrected chi connectivity index (χ2v) is 10.2. The quantitative estimate of drug-likeness (QED) is 0.637. The molecule has 184 valence electrons. The van der Waals surface area contributed by atoms with Crippen LogP contribution in [0.3, 0.4) is 0 Å². The largest absolute Gasteiger partial charge is 0.369 e. The van der Waals surface area contributed by atoms with Crippen LogP contribution >= 0.6 is 0 Å². The van der Waals surface area contributed by atoms with Gasteiger partial charge in [-0.1, -0.05) is 43.3 Å². The summed E-state index contributed by atoms with van der Waals surface area (Å²) in [5.41, 5.74) is 3.52. The molecule has 2 amide bonds. The number of carbonyl (C=O) groups is 2. The average Bonchev–Trinajstić information content (AvgIpc) is 2.90. The average molecular weight is 473 g/mol. The fraction of sp³-hybridized carbons (Fsp3) is 0.448. The fourth-order valence-corrected chi connectivity index (χ4v) is 5.93. The van der Waals surface area contributed by atoms with Crippen LogP contribution in [0.4, 0.5) is 11.4 Å². The van der Waals surface area contributed by atoms with Crippen LogP contribution in [0.2, 0.25) is 0 Å². The minimum Gasteiger partial charge on any atom is -0.369 e. The molecule has 5 rings (SSSR count). The third-order valence-corrected chi connectivity index (χ3v) is 8.03. The highest BCUT2D eigenvalue weighted by molar-refractivity contribution is 6.23. The van der Waals surface area contributed by atoms with E-state index in [2.05, 4.69) is 69.8 Å². The van der Waals surface area contributed by atoms with Crippen LogP contribution in [0.1, 0.15) is 44.6 Å². The van der Waals surface area contributed by atoms with Gasteiger partial charge in [-0.05, 0) is 67.9 Å². The summed E-state index contributed by atoms with van der Waals surface area (Å²) in [5.74, 6) is 0.120. The number of amides is 2. The number of rotatable bonds is 5. The Labute approximate surface area is 208 Å². The zero-order valence-corrected chi connectivity index (χ0v) is 20.6. The van der Waals surface area contributed by atoms with E-state index in [0.717, 1.165) is 50.6 Å². The molecular weight excluding hydrogens is 436 g/mol. The van der Waals surface area contributed by atoms with Gasteiger partial charge in [-0.2, -0.15) is 0 Å². The lowest BCUT2D eigenvalue weighted by atomic mass is 9.71. The maximum Gasteiger partial charge on any atom is 0.260 e. The Morgan fingerprint density at radius 3 is 2.46 bits per heavy atom. The predicted octanol–water partition coefficient (Wildman–Crippen LogP) is 4.30. The molecule has 2 aromatic carbocycles. The van der Waals surface area contributed by atoms with E-state index in [1.807, 2.05) is 12.1 Å². The van der Waals surface area contributed by atoms with Crippen molar-refractivity contribution in [3.8, 4) is 0 Å². The Morgan fingerprint density at radius 2 is 1.74 bits per heavy atom. The minimum absolute atomic E-state index is 0.0164. The van der Waals surface area contributed by atoms with Gasteiger partial charge in [0.15, 0.2) is 0 Å². The molecule has 2 N–H and O–H groups in total. The molecule has 0 atom stereocenters. The number of para-hydroxylation sites is 1. The van der Waals surface area contributed by atoms with E-state index >= 15 is 0 Å². The van der Waals surface area contributed by atoms with Gasteiger partial charge in [0.25, 0.3) is 11.8 Å². The third-order valence-electron chi connectivity index (χ3n) is 8.03. The normalized spacial score (nSPS) is 25.5. The lowest BCUT2D eigenvalue weighted by Crippen LogP contribution is -2.56. The number of benzene rings is 2. The molecule has 1 aliphatic carbocycles. The van der Waals surface area contributed by atoms with Crippen LogP contribution in [0, 0.1) is 5.92 Å². The Morgan fingerprint density at radius 1 is 1.00 bits per heavy atom. The van der Waals surface area contributed by atoms with Crippen molar-refractivity contribution < 1.29 is 9.59 Å². The van der Waals surface area contributed by atoms with E-state index in [1.165, 1.54) is 24.1 Å². The molecule has 1 saturated heterocycles. The zero-order chi connectivity index (χ0) is 24.3. The highest BCUT2D eigenvalue weighted by atomic mass is 16.2. The van der Waals surface area contributed by atoms with Crippen molar-refractivity contribution in [3.63, 3.8) is 0 Å². The molecule has 35 heavy (non-hydrogen) atoms. The second-order valence-electron chi connectivity index (χ2n) is 10.2. The predicted molar refractivity (Wildman–Crippen MR) is 140 cm³/mol. The number of hydrogen-bond donors (Lipinski definition) is 2. The van der Waals surface area contributed by atoms with E-state index < -0.39 is 0 Å². The van der Waals surface area contributed by atoms with Gasteiger partial charge in [0, 0.05) is 49.6 Å². The van der Waals surface area contributed by atoms with E-state index in [9.17, 15) is 9.59 Å². The Kier molecular flexibility index (Phi) is 6.91. The first-order valence-electron chi connectivity index (χ1n) is 13.0. The first-order valence-corrected chi connectivity index (χ1v) is 13.0. The smallest absolute Gasteiger partial charge is 0.260 e. The molecule has 2 aromatic rings. The summed E-state index contributed by atoms with van der Waals surface area (Å²) in [4.78, 5) is 30.1. The molecule has 0 radical (unpaired) electrons. The molecule has 2 aliphatic heterocycles. The summed E-state index contributed by atoms with van der Waals surface area (Å²) in [5, 5.41) is 5.74. The molecule has 0 bridgehead atoms. The van der Waals surface area contributed by atoms with Crippen molar-refractivity contribution in [3.05, 3.63) is 71.8 Å². The van der Waals surface area contributed by atoms with E-state index in [1.54, 1.807) is 6.08 Å². The van der Waals surface area contributed by atoms with Crippen molar-refractivity contribution in [1.82, 2.24) is 10.2 Å². The molecule has 3 aliphatic rings. The van der Waals surface area contributed by atoms with Crippen LogP contribution in [0.15, 0.2) is 66.2 Å². The minimum atomic E-state index is -0.331. The molecule has 6 nitrogen and oxygen atoms in total. The lowest BCUT2D eigenvalue weighted by Gasteiger charge is -2.51. The lowest BCUT2D eigenvalue weighted by molar-refractivity contribution is -0.121. The summed E-state index contributed by atoms with van der Waals surface area (Å²) in [7, 11) is 0. The van der Waals surface area contributed by atoms with Crippen molar-refractivity contribution in [2.45, 2.75) is 44.6 Å². The van der Waals surface area contributed by atoms with Gasteiger partial charge in [-0.15, -0.1) is 0 Å². The number of anilines is 2. The summed E-state index contributed by atoms with van der Waals surface area (Å²) < 4.78 is 0. The van der Waals surface area contributed by atoms with Gasteiger partial charge in [0.1, 0.15) is 5.57 Å². The van der Waals surface area contributed by atoms with Crippen molar-refractivity contribution in [1.29, 1.82) is 0 Å². The Hall–Kier alpha value is -3.12. The standard InChI is InChI=1S/C29H36N4O2/c1-22-12-14-29(15-13-22,33-19-17-32(18-20-33)25-9-3-2-4-10-25)23-7-5-8-24(21-23)31-28(35)26-11-6-16-30-27(26)34/h2-5,7-11,21-22H,6,12-20H2,1H3,(H,30,34)(H,31,35)/t22-,29-. The molecule has 2 fully saturated rings.